The Kier molecular flexibility index (Phi) is 8.64. The Bertz CT molecular complexity index is 3260. The number of hydrogen-bond acceptors (Lipinski definition) is 5. The van der Waals surface area contributed by atoms with Gasteiger partial charge in [-0.15, -0.1) is 0 Å². The summed E-state index contributed by atoms with van der Waals surface area (Å²) >= 11 is 0. The van der Waals surface area contributed by atoms with Gasteiger partial charge in [-0.1, -0.05) is 206 Å². The maximum absolute atomic E-state index is 6.89. The smallest absolute Gasteiger partial charge is 0.178 e. The van der Waals surface area contributed by atoms with Crippen LogP contribution in [0.3, 0.4) is 0 Å². The zero-order chi connectivity index (χ0) is 41.7. The van der Waals surface area contributed by atoms with E-state index in [0.29, 0.717) is 34.7 Å². The highest BCUT2D eigenvalue weighted by atomic mass is 16.6. The van der Waals surface area contributed by atoms with Crippen molar-refractivity contribution >= 4 is 0 Å². The average molecular weight is 808 g/mol. The molecule has 0 radical (unpaired) electrons. The maximum atomic E-state index is 6.89. The number of fused-ring (bicyclic) bond motifs is 6. The van der Waals surface area contributed by atoms with Crippen molar-refractivity contribution in [1.82, 2.24) is 15.0 Å². The third kappa shape index (κ3) is 6.13. The molecule has 0 bridgehead atoms. The van der Waals surface area contributed by atoms with Gasteiger partial charge in [-0.3, -0.25) is 0 Å². The number of rotatable bonds is 7. The van der Waals surface area contributed by atoms with E-state index in [4.69, 9.17) is 24.4 Å². The van der Waals surface area contributed by atoms with Crippen molar-refractivity contribution in [3.8, 4) is 90.5 Å². The van der Waals surface area contributed by atoms with Gasteiger partial charge in [-0.2, -0.15) is 0 Å². The molecule has 0 fully saturated rings. The third-order valence-electron chi connectivity index (χ3n) is 12.3. The van der Waals surface area contributed by atoms with E-state index in [2.05, 4.69) is 182 Å². The normalized spacial score (nSPS) is 12.8. The number of benzene rings is 9. The molecule has 1 aromatic heterocycles. The highest BCUT2D eigenvalue weighted by molar-refractivity contribution is 5.92. The summed E-state index contributed by atoms with van der Waals surface area (Å²) in [7, 11) is 0. The summed E-state index contributed by atoms with van der Waals surface area (Å²) in [5.74, 6) is 4.61. The standard InChI is InChI=1S/C58H37N3O2/c1-5-15-38(16-6-1)39-25-29-42(30-26-39)56-59-55(41-17-7-2-8-18-41)60-57(61-56)43-31-27-40(28-32-43)44-33-35-50-52(37-44)62-51-36-34-49-53(54(51)63-50)47-23-13-14-24-48(47)58(49,45-19-9-3-10-20-45)46-21-11-4-12-22-46/h1-37H. The van der Waals surface area contributed by atoms with Crippen molar-refractivity contribution in [3.63, 3.8) is 0 Å². The molecule has 2 heterocycles. The second kappa shape index (κ2) is 14.9. The lowest BCUT2D eigenvalue weighted by atomic mass is 9.68. The first kappa shape index (κ1) is 36.4. The summed E-state index contributed by atoms with van der Waals surface area (Å²) in [4.78, 5) is 14.9. The van der Waals surface area contributed by atoms with E-state index in [1.807, 2.05) is 42.5 Å². The van der Waals surface area contributed by atoms with Crippen molar-refractivity contribution in [2.75, 3.05) is 0 Å². The van der Waals surface area contributed by atoms with Crippen LogP contribution in [0.15, 0.2) is 224 Å². The second-order valence-corrected chi connectivity index (χ2v) is 15.9. The van der Waals surface area contributed by atoms with Crippen LogP contribution in [0.5, 0.6) is 23.0 Å². The molecule has 2 aliphatic rings. The lowest BCUT2D eigenvalue weighted by Crippen LogP contribution is -2.28. The Balaban J connectivity index is 0.878. The lowest BCUT2D eigenvalue weighted by molar-refractivity contribution is 0.360. The first-order valence-corrected chi connectivity index (χ1v) is 21.2. The van der Waals surface area contributed by atoms with Gasteiger partial charge in [0.25, 0.3) is 0 Å². The topological polar surface area (TPSA) is 57.1 Å². The monoisotopic (exact) mass is 807 g/mol. The Morgan fingerprint density at radius 2 is 0.730 bits per heavy atom. The molecular formula is C58H37N3O2. The SMILES string of the molecule is c1ccc(-c2ccc(-c3nc(-c4ccccc4)nc(-c4ccc(-c5ccc6c(c5)Oc5ccc7c(c5O6)-c5ccccc5C7(c5ccccc5)c5ccccc5)cc4)n3)cc2)cc1. The molecule has 296 valence electrons. The Labute approximate surface area is 365 Å². The van der Waals surface area contributed by atoms with Gasteiger partial charge in [0, 0.05) is 22.3 Å². The predicted octanol–water partition coefficient (Wildman–Crippen LogP) is 14.5. The summed E-state index contributed by atoms with van der Waals surface area (Å²) in [5, 5.41) is 0. The molecule has 0 atom stereocenters. The first-order valence-electron chi connectivity index (χ1n) is 21.2. The van der Waals surface area contributed by atoms with Gasteiger partial charge in [0.15, 0.2) is 40.5 Å². The first-order chi connectivity index (χ1) is 31.2. The van der Waals surface area contributed by atoms with E-state index in [1.54, 1.807) is 0 Å². The van der Waals surface area contributed by atoms with Gasteiger partial charge < -0.3 is 9.47 Å². The van der Waals surface area contributed by atoms with Crippen LogP contribution in [-0.4, -0.2) is 15.0 Å². The minimum absolute atomic E-state index is 0.525. The summed E-state index contributed by atoms with van der Waals surface area (Å²) in [5.41, 5.74) is 13.6. The van der Waals surface area contributed by atoms with Gasteiger partial charge in [-0.25, -0.2) is 15.0 Å². The van der Waals surface area contributed by atoms with E-state index in [1.165, 1.54) is 22.3 Å². The van der Waals surface area contributed by atoms with Crippen molar-refractivity contribution in [2.45, 2.75) is 5.41 Å². The molecule has 0 unspecified atom stereocenters. The number of ether oxygens (including phenoxy) is 2. The molecule has 1 aliphatic carbocycles. The van der Waals surface area contributed by atoms with Crippen molar-refractivity contribution in [1.29, 1.82) is 0 Å². The van der Waals surface area contributed by atoms with E-state index in [0.717, 1.165) is 55.8 Å². The summed E-state index contributed by atoms with van der Waals surface area (Å²) in [6.45, 7) is 0. The highest BCUT2D eigenvalue weighted by Gasteiger charge is 2.48. The molecule has 0 spiro atoms. The average Bonchev–Trinajstić information content (AvgIpc) is 3.68. The summed E-state index contributed by atoms with van der Waals surface area (Å²) < 4.78 is 13.6. The zero-order valence-corrected chi connectivity index (χ0v) is 34.0. The molecule has 5 heteroatoms. The van der Waals surface area contributed by atoms with Gasteiger partial charge in [0.1, 0.15) is 0 Å². The quantitative estimate of drug-likeness (QED) is 0.161. The van der Waals surface area contributed by atoms with Gasteiger partial charge in [-0.05, 0) is 68.3 Å². The van der Waals surface area contributed by atoms with Crippen LogP contribution >= 0.6 is 0 Å². The molecule has 0 saturated heterocycles. The summed E-state index contributed by atoms with van der Waals surface area (Å²) in [6.07, 6.45) is 0. The molecule has 10 aromatic rings. The van der Waals surface area contributed by atoms with Crippen LogP contribution < -0.4 is 9.47 Å². The van der Waals surface area contributed by atoms with Gasteiger partial charge >= 0.3 is 0 Å². The van der Waals surface area contributed by atoms with Crippen LogP contribution in [0, 0.1) is 0 Å². The molecule has 9 aromatic carbocycles. The molecule has 0 saturated carbocycles. The van der Waals surface area contributed by atoms with E-state index in [9.17, 15) is 0 Å². The number of hydrogen-bond donors (Lipinski definition) is 0. The van der Waals surface area contributed by atoms with Crippen LogP contribution in [0.1, 0.15) is 22.3 Å². The van der Waals surface area contributed by atoms with Gasteiger partial charge in [0.05, 0.1) is 5.41 Å². The maximum Gasteiger partial charge on any atom is 0.178 e. The molecule has 1 aliphatic heterocycles. The highest BCUT2D eigenvalue weighted by Crippen LogP contribution is 2.62. The van der Waals surface area contributed by atoms with Crippen LogP contribution in [0.4, 0.5) is 0 Å². The van der Waals surface area contributed by atoms with E-state index >= 15 is 0 Å². The predicted molar refractivity (Wildman–Crippen MR) is 251 cm³/mol. The van der Waals surface area contributed by atoms with E-state index < -0.39 is 5.41 Å². The van der Waals surface area contributed by atoms with Crippen molar-refractivity contribution in [3.05, 3.63) is 247 Å². The Morgan fingerprint density at radius 1 is 0.302 bits per heavy atom. The minimum atomic E-state index is -0.525. The minimum Gasteiger partial charge on any atom is -0.449 e. The lowest BCUT2D eigenvalue weighted by Gasteiger charge is -2.34. The molecule has 0 N–H and O–H groups in total. The van der Waals surface area contributed by atoms with Crippen LogP contribution in [-0.2, 0) is 5.41 Å². The molecular weight excluding hydrogens is 771 g/mol. The number of aromatic nitrogens is 3. The molecule has 63 heavy (non-hydrogen) atoms. The fraction of sp³-hybridized carbons (Fsp3) is 0.0172. The van der Waals surface area contributed by atoms with Gasteiger partial charge in [0.2, 0.25) is 0 Å². The second-order valence-electron chi connectivity index (χ2n) is 15.9. The zero-order valence-electron chi connectivity index (χ0n) is 34.0. The molecule has 5 nitrogen and oxygen atoms in total. The van der Waals surface area contributed by atoms with Crippen molar-refractivity contribution in [2.24, 2.45) is 0 Å². The number of nitrogens with zero attached hydrogens (tertiary/aromatic N) is 3. The fourth-order valence-corrected chi connectivity index (χ4v) is 9.35. The Hall–Kier alpha value is -8.41. The summed E-state index contributed by atoms with van der Waals surface area (Å²) in [6, 6.07) is 77.9. The fourth-order valence-electron chi connectivity index (χ4n) is 9.35. The molecule has 12 rings (SSSR count). The molecule has 0 amide bonds. The third-order valence-corrected chi connectivity index (χ3v) is 12.3. The van der Waals surface area contributed by atoms with Crippen LogP contribution in [0.2, 0.25) is 0 Å². The van der Waals surface area contributed by atoms with E-state index in [-0.39, 0.29) is 0 Å². The van der Waals surface area contributed by atoms with Crippen molar-refractivity contribution < 1.29 is 9.47 Å². The Morgan fingerprint density at radius 3 is 1.32 bits per heavy atom. The largest absolute Gasteiger partial charge is 0.449 e. The van der Waals surface area contributed by atoms with Crippen LogP contribution in [0.25, 0.3) is 67.5 Å².